The van der Waals surface area contributed by atoms with E-state index in [0.29, 0.717) is 32.3 Å². The number of nitrogens with one attached hydrogen (secondary N) is 2. The second-order valence-electron chi connectivity index (χ2n) is 7.40. The van der Waals surface area contributed by atoms with Crippen molar-refractivity contribution < 1.29 is 14.2 Å². The van der Waals surface area contributed by atoms with Crippen molar-refractivity contribution in [1.82, 2.24) is 15.5 Å². The Hall–Kier alpha value is -3.03. The van der Waals surface area contributed by atoms with Gasteiger partial charge in [0.2, 0.25) is 0 Å². The van der Waals surface area contributed by atoms with Gasteiger partial charge in [0.25, 0.3) is 0 Å². The number of para-hydroxylation sites is 2. The zero-order chi connectivity index (χ0) is 22.4. The molecule has 0 bridgehead atoms. The summed E-state index contributed by atoms with van der Waals surface area (Å²) in [4.78, 5) is 6.71. The van der Waals surface area contributed by atoms with Crippen LogP contribution < -0.4 is 20.1 Å². The number of benzene rings is 2. The predicted octanol–water partition coefficient (Wildman–Crippen LogP) is 2.83. The monoisotopic (exact) mass is 438 g/mol. The van der Waals surface area contributed by atoms with Crippen LogP contribution in [0.1, 0.15) is 11.1 Å². The maximum Gasteiger partial charge on any atom is 0.191 e. The van der Waals surface area contributed by atoms with Crippen molar-refractivity contribution in [3.8, 4) is 11.5 Å². The highest BCUT2D eigenvalue weighted by atomic mass is 16.5. The molecule has 1 aliphatic heterocycles. The summed E-state index contributed by atoms with van der Waals surface area (Å²) in [5.41, 5.74) is 2.15. The quantitative estimate of drug-likeness (QED) is 0.320. The molecular weight excluding hydrogens is 404 g/mol. The van der Waals surface area contributed by atoms with Gasteiger partial charge in [-0.1, -0.05) is 49.1 Å². The number of nitrogens with zero attached hydrogens (tertiary/aromatic N) is 2. The summed E-state index contributed by atoms with van der Waals surface area (Å²) in [5.74, 6) is 2.45. The van der Waals surface area contributed by atoms with E-state index < -0.39 is 0 Å². The highest BCUT2D eigenvalue weighted by molar-refractivity contribution is 5.79. The molecule has 0 radical (unpaired) electrons. The van der Waals surface area contributed by atoms with Crippen LogP contribution in [0, 0.1) is 0 Å². The lowest BCUT2D eigenvalue weighted by Crippen LogP contribution is -2.38. The third-order valence-corrected chi connectivity index (χ3v) is 5.19. The van der Waals surface area contributed by atoms with E-state index in [9.17, 15) is 0 Å². The Bertz CT molecular complexity index is 866. The standard InChI is InChI=1S/C25H34N4O3/c1-3-15-31-23-10-6-4-8-21(23)19-27-25(26-2)28-20-22-9-5-7-11-24(22)32-18-14-29-12-16-30-17-13-29/h3-11H,1,12-20H2,2H3,(H2,26,27,28). The van der Waals surface area contributed by atoms with Gasteiger partial charge in [-0.3, -0.25) is 9.89 Å². The van der Waals surface area contributed by atoms with Crippen LogP contribution in [0.5, 0.6) is 11.5 Å². The van der Waals surface area contributed by atoms with Gasteiger partial charge in [0.05, 0.1) is 13.2 Å². The van der Waals surface area contributed by atoms with Crippen molar-refractivity contribution >= 4 is 5.96 Å². The lowest BCUT2D eigenvalue weighted by molar-refractivity contribution is 0.0322. The highest BCUT2D eigenvalue weighted by Crippen LogP contribution is 2.19. The van der Waals surface area contributed by atoms with Crippen molar-refractivity contribution in [2.45, 2.75) is 13.1 Å². The molecule has 1 fully saturated rings. The molecule has 0 saturated carbocycles. The van der Waals surface area contributed by atoms with E-state index in [1.807, 2.05) is 42.5 Å². The second kappa shape index (κ2) is 13.4. The maximum absolute atomic E-state index is 6.08. The number of ether oxygens (including phenoxy) is 3. The van der Waals surface area contributed by atoms with Gasteiger partial charge in [0.1, 0.15) is 24.7 Å². The van der Waals surface area contributed by atoms with Crippen LogP contribution in [0.15, 0.2) is 66.2 Å². The molecule has 32 heavy (non-hydrogen) atoms. The van der Waals surface area contributed by atoms with Crippen LogP contribution in [0.25, 0.3) is 0 Å². The van der Waals surface area contributed by atoms with E-state index in [0.717, 1.165) is 55.5 Å². The van der Waals surface area contributed by atoms with Gasteiger partial charge in [-0.25, -0.2) is 0 Å². The smallest absolute Gasteiger partial charge is 0.191 e. The van der Waals surface area contributed by atoms with E-state index in [2.05, 4.69) is 33.2 Å². The van der Waals surface area contributed by atoms with Crippen LogP contribution in [0.3, 0.4) is 0 Å². The minimum absolute atomic E-state index is 0.478. The van der Waals surface area contributed by atoms with E-state index in [4.69, 9.17) is 14.2 Å². The largest absolute Gasteiger partial charge is 0.492 e. The van der Waals surface area contributed by atoms with Crippen LogP contribution in [0.2, 0.25) is 0 Å². The molecule has 0 aromatic heterocycles. The summed E-state index contributed by atoms with van der Waals surface area (Å²) < 4.78 is 17.2. The molecule has 2 aromatic carbocycles. The van der Waals surface area contributed by atoms with E-state index in [1.165, 1.54) is 0 Å². The van der Waals surface area contributed by atoms with Gasteiger partial charge in [-0.15, -0.1) is 0 Å². The molecule has 7 nitrogen and oxygen atoms in total. The third-order valence-electron chi connectivity index (χ3n) is 5.19. The maximum atomic E-state index is 6.08. The molecule has 1 heterocycles. The Kier molecular flexibility index (Phi) is 9.89. The predicted molar refractivity (Wildman–Crippen MR) is 128 cm³/mol. The van der Waals surface area contributed by atoms with Crippen molar-refractivity contribution in [2.75, 3.05) is 53.1 Å². The molecule has 0 amide bonds. The first-order valence-corrected chi connectivity index (χ1v) is 11.1. The molecule has 0 aliphatic carbocycles. The average molecular weight is 439 g/mol. The summed E-state index contributed by atoms with van der Waals surface area (Å²) in [6, 6.07) is 16.1. The second-order valence-corrected chi connectivity index (χ2v) is 7.40. The van der Waals surface area contributed by atoms with Gasteiger partial charge in [-0.05, 0) is 12.1 Å². The summed E-state index contributed by atoms with van der Waals surface area (Å²) >= 11 is 0. The average Bonchev–Trinajstić information content (AvgIpc) is 2.85. The Morgan fingerprint density at radius 2 is 1.59 bits per heavy atom. The molecule has 172 valence electrons. The normalized spacial score (nSPS) is 14.6. The molecule has 2 N–H and O–H groups in total. The summed E-state index contributed by atoms with van der Waals surface area (Å²) in [5, 5.41) is 6.73. The van der Waals surface area contributed by atoms with E-state index >= 15 is 0 Å². The highest BCUT2D eigenvalue weighted by Gasteiger charge is 2.11. The molecule has 1 saturated heterocycles. The Labute approximate surface area is 191 Å². The van der Waals surface area contributed by atoms with Crippen molar-refractivity contribution in [3.05, 3.63) is 72.3 Å². The Morgan fingerprint density at radius 3 is 2.19 bits per heavy atom. The van der Waals surface area contributed by atoms with Gasteiger partial charge in [0.15, 0.2) is 5.96 Å². The van der Waals surface area contributed by atoms with Gasteiger partial charge >= 0.3 is 0 Å². The van der Waals surface area contributed by atoms with Gasteiger partial charge < -0.3 is 24.8 Å². The van der Waals surface area contributed by atoms with Crippen molar-refractivity contribution in [2.24, 2.45) is 4.99 Å². The van der Waals surface area contributed by atoms with Crippen LogP contribution in [-0.2, 0) is 17.8 Å². The Morgan fingerprint density at radius 1 is 1.00 bits per heavy atom. The summed E-state index contributed by atoms with van der Waals surface area (Å²) in [7, 11) is 1.76. The molecule has 2 aromatic rings. The number of hydrogen-bond acceptors (Lipinski definition) is 5. The van der Waals surface area contributed by atoms with E-state index in [-0.39, 0.29) is 0 Å². The van der Waals surface area contributed by atoms with Crippen LogP contribution >= 0.6 is 0 Å². The van der Waals surface area contributed by atoms with Crippen LogP contribution in [-0.4, -0.2) is 64.0 Å². The molecule has 3 rings (SSSR count). The number of aliphatic imine (C=N–C) groups is 1. The zero-order valence-corrected chi connectivity index (χ0v) is 18.9. The lowest BCUT2D eigenvalue weighted by atomic mass is 10.2. The molecule has 0 unspecified atom stereocenters. The SMILES string of the molecule is C=CCOc1ccccc1CNC(=NC)NCc1ccccc1OCCN1CCOCC1. The minimum Gasteiger partial charge on any atom is -0.492 e. The van der Waals surface area contributed by atoms with Crippen molar-refractivity contribution in [3.63, 3.8) is 0 Å². The first kappa shape index (κ1) is 23.6. The molecule has 1 aliphatic rings. The molecule has 0 atom stereocenters. The molecular formula is C25H34N4O3. The fourth-order valence-electron chi connectivity index (χ4n) is 3.42. The third kappa shape index (κ3) is 7.59. The number of rotatable bonds is 11. The first-order chi connectivity index (χ1) is 15.8. The number of guanidine groups is 1. The molecule has 0 spiro atoms. The number of morpholine rings is 1. The summed E-state index contributed by atoms with van der Waals surface area (Å²) in [6.07, 6.45) is 1.74. The van der Waals surface area contributed by atoms with E-state index in [1.54, 1.807) is 13.1 Å². The first-order valence-electron chi connectivity index (χ1n) is 11.1. The summed E-state index contributed by atoms with van der Waals surface area (Å²) in [6.45, 7) is 10.5. The minimum atomic E-state index is 0.478. The van der Waals surface area contributed by atoms with Gasteiger partial charge in [-0.2, -0.15) is 0 Å². The number of hydrogen-bond donors (Lipinski definition) is 2. The fourth-order valence-corrected chi connectivity index (χ4v) is 3.42. The van der Waals surface area contributed by atoms with Crippen molar-refractivity contribution in [1.29, 1.82) is 0 Å². The fraction of sp³-hybridized carbons (Fsp3) is 0.400. The van der Waals surface area contributed by atoms with Gasteiger partial charge in [0, 0.05) is 50.9 Å². The molecule has 7 heteroatoms. The lowest BCUT2D eigenvalue weighted by Gasteiger charge is -2.26. The Balaban J connectivity index is 1.49. The zero-order valence-electron chi connectivity index (χ0n) is 18.9. The van der Waals surface area contributed by atoms with Crippen LogP contribution in [0.4, 0.5) is 0 Å². The topological polar surface area (TPSA) is 67.3 Å².